The van der Waals surface area contributed by atoms with Crippen molar-refractivity contribution < 1.29 is 19.4 Å². The molecule has 206 valence electrons. The Bertz CT molecular complexity index is 1580. The molecule has 1 N–H and O–H groups in total. The lowest BCUT2D eigenvalue weighted by Crippen LogP contribution is -2.36. The number of rotatable bonds is 2. The number of carbonyl (C=O) groups is 2. The Morgan fingerprint density at radius 1 is 0.975 bits per heavy atom. The molecule has 0 radical (unpaired) electrons. The van der Waals surface area contributed by atoms with Gasteiger partial charge in [0.2, 0.25) is 0 Å². The number of ether oxygens (including phenoxy) is 1. The molecule has 40 heavy (non-hydrogen) atoms. The fourth-order valence-corrected chi connectivity index (χ4v) is 5.98. The molecule has 0 aliphatic carbocycles. The van der Waals surface area contributed by atoms with Gasteiger partial charge in [-0.1, -0.05) is 35.9 Å². The van der Waals surface area contributed by atoms with E-state index in [1.54, 1.807) is 0 Å². The van der Waals surface area contributed by atoms with Crippen LogP contribution >= 0.6 is 0 Å². The molecule has 1 unspecified atom stereocenters. The Morgan fingerprint density at radius 3 is 2.65 bits per heavy atom. The zero-order valence-electron chi connectivity index (χ0n) is 22.8. The third kappa shape index (κ3) is 5.30. The van der Waals surface area contributed by atoms with Crippen LogP contribution in [0.2, 0.25) is 0 Å². The first-order chi connectivity index (χ1) is 19.5. The number of aryl methyl sites for hydroxylation is 2. The maximum absolute atomic E-state index is 13.6. The number of aromatic nitrogens is 3. The van der Waals surface area contributed by atoms with Crippen molar-refractivity contribution >= 4 is 22.9 Å². The average Bonchev–Trinajstić information content (AvgIpc) is 3.36. The van der Waals surface area contributed by atoms with Crippen molar-refractivity contribution in [3.63, 3.8) is 0 Å². The van der Waals surface area contributed by atoms with E-state index in [4.69, 9.17) is 4.74 Å². The number of amides is 1. The predicted octanol–water partition coefficient (Wildman–Crippen LogP) is 5.50. The normalized spacial score (nSPS) is 18.0. The van der Waals surface area contributed by atoms with E-state index in [-0.39, 0.29) is 18.2 Å². The Hall–Kier alpha value is -4.20. The average molecular weight is 539 g/mol. The number of carbonyl (C=O) groups excluding carboxylic acids is 1. The van der Waals surface area contributed by atoms with Crippen LogP contribution in [0.4, 0.5) is 0 Å². The molecule has 3 aromatic carbocycles. The molecule has 1 aromatic heterocycles. The number of carboxylic acid groups (broad SMARTS) is 1. The first-order valence-electron chi connectivity index (χ1n) is 14.2. The third-order valence-electron chi connectivity index (χ3n) is 8.21. The zero-order chi connectivity index (χ0) is 27.6. The zero-order valence-corrected chi connectivity index (χ0v) is 22.8. The van der Waals surface area contributed by atoms with Crippen LogP contribution < -0.4 is 4.74 Å². The van der Waals surface area contributed by atoms with Gasteiger partial charge in [-0.15, -0.1) is 5.10 Å². The van der Waals surface area contributed by atoms with Crippen LogP contribution in [-0.4, -0.2) is 50.0 Å². The van der Waals surface area contributed by atoms with E-state index in [1.165, 1.54) is 5.56 Å². The molecule has 8 nitrogen and oxygen atoms in total. The summed E-state index contributed by atoms with van der Waals surface area (Å²) < 4.78 is 7.92. The summed E-state index contributed by atoms with van der Waals surface area (Å²) in [5, 5.41) is 18.6. The minimum absolute atomic E-state index is 0.00844. The second kappa shape index (κ2) is 11.1. The summed E-state index contributed by atoms with van der Waals surface area (Å²) in [5.41, 5.74) is 7.42. The highest BCUT2D eigenvalue weighted by Gasteiger charge is 2.26. The Balaban J connectivity index is 1.37. The molecule has 4 aromatic rings. The van der Waals surface area contributed by atoms with Gasteiger partial charge in [0.1, 0.15) is 11.3 Å². The topological polar surface area (TPSA) is 97.5 Å². The van der Waals surface area contributed by atoms with Gasteiger partial charge >= 0.3 is 5.97 Å². The van der Waals surface area contributed by atoms with Crippen LogP contribution in [0.5, 0.6) is 5.75 Å². The number of carboxylic acids is 1. The van der Waals surface area contributed by atoms with Crippen LogP contribution in [-0.2, 0) is 24.3 Å². The van der Waals surface area contributed by atoms with Gasteiger partial charge in [0.05, 0.1) is 18.5 Å². The molecule has 1 amide bonds. The molecule has 0 fully saturated rings. The minimum Gasteiger partial charge on any atom is -0.494 e. The molecule has 8 heteroatoms. The summed E-state index contributed by atoms with van der Waals surface area (Å²) in [7, 11) is 0. The minimum atomic E-state index is -0.858. The van der Waals surface area contributed by atoms with Crippen LogP contribution in [0.1, 0.15) is 76.2 Å². The van der Waals surface area contributed by atoms with Gasteiger partial charge in [0.15, 0.2) is 0 Å². The first-order valence-corrected chi connectivity index (χ1v) is 14.2. The second-order valence-electron chi connectivity index (χ2n) is 11.0. The molecule has 0 saturated heterocycles. The van der Waals surface area contributed by atoms with Crippen molar-refractivity contribution in [2.45, 2.75) is 64.5 Å². The molecule has 6 heterocycles. The fourth-order valence-electron chi connectivity index (χ4n) is 5.98. The fraction of sp³-hybridized carbons (Fsp3) is 0.375. The predicted molar refractivity (Wildman–Crippen MR) is 152 cm³/mol. The largest absolute Gasteiger partial charge is 0.494 e. The van der Waals surface area contributed by atoms with Gasteiger partial charge in [0, 0.05) is 31.1 Å². The van der Waals surface area contributed by atoms with Gasteiger partial charge in [-0.25, -0.2) is 4.68 Å². The third-order valence-corrected chi connectivity index (χ3v) is 8.21. The van der Waals surface area contributed by atoms with Crippen molar-refractivity contribution in [1.29, 1.82) is 0 Å². The van der Waals surface area contributed by atoms with Crippen molar-refractivity contribution in [2.75, 3.05) is 13.2 Å². The van der Waals surface area contributed by atoms with Crippen molar-refractivity contribution in [3.05, 3.63) is 88.0 Å². The van der Waals surface area contributed by atoms with Crippen LogP contribution in [0.25, 0.3) is 11.0 Å². The number of hydrogen-bond acceptors (Lipinski definition) is 5. The van der Waals surface area contributed by atoms with Crippen LogP contribution in [0.15, 0.2) is 54.6 Å². The summed E-state index contributed by atoms with van der Waals surface area (Å²) in [6, 6.07) is 17.9. The summed E-state index contributed by atoms with van der Waals surface area (Å²) in [6.07, 6.45) is 4.79. The highest BCUT2D eigenvalue weighted by Crippen LogP contribution is 2.33. The van der Waals surface area contributed by atoms with Gasteiger partial charge in [-0.05, 0) is 90.8 Å². The van der Waals surface area contributed by atoms with Crippen LogP contribution in [0.3, 0.4) is 0 Å². The van der Waals surface area contributed by atoms with E-state index in [9.17, 15) is 14.7 Å². The summed E-state index contributed by atoms with van der Waals surface area (Å²) in [5.74, 6) is -0.392. The highest BCUT2D eigenvalue weighted by atomic mass is 16.5. The lowest BCUT2D eigenvalue weighted by molar-refractivity contribution is -0.137. The number of aliphatic carboxylic acids is 1. The molecular weight excluding hydrogens is 504 g/mol. The first kappa shape index (κ1) is 26.0. The van der Waals surface area contributed by atoms with E-state index in [0.29, 0.717) is 25.3 Å². The van der Waals surface area contributed by atoms with E-state index in [0.717, 1.165) is 77.7 Å². The van der Waals surface area contributed by atoms with Gasteiger partial charge in [-0.3, -0.25) is 9.59 Å². The smallest absolute Gasteiger partial charge is 0.304 e. The lowest BCUT2D eigenvalue weighted by atomic mass is 9.85. The molecule has 1 atom stereocenters. The molecule has 0 spiro atoms. The summed E-state index contributed by atoms with van der Waals surface area (Å²) in [6.45, 7) is 4.52. The van der Waals surface area contributed by atoms with E-state index in [1.807, 2.05) is 59.0 Å². The molecule has 9 rings (SSSR count). The van der Waals surface area contributed by atoms with Gasteiger partial charge in [-0.2, -0.15) is 0 Å². The maximum atomic E-state index is 13.6. The van der Waals surface area contributed by atoms with Crippen molar-refractivity contribution in [3.8, 4) is 5.75 Å². The van der Waals surface area contributed by atoms with E-state index in [2.05, 4.69) is 22.4 Å². The molecule has 5 aliphatic rings. The maximum Gasteiger partial charge on any atom is 0.304 e. The number of benzene rings is 3. The van der Waals surface area contributed by atoms with E-state index >= 15 is 0 Å². The standard InChI is InChI=1S/C32H34N4O4/c1-21-16-26-9-10-27(21)32(39)35-14-12-22-6-7-23(17-25(22)20-35)28(19-31(37)38)24-8-11-30-29(18-24)33-34-36(30)13-4-2-3-5-15-40-26/h6-11,16-18,28H,2-5,12-15,19-20H2,1H3,(H,37,38). The highest BCUT2D eigenvalue weighted by molar-refractivity contribution is 5.96. The number of nitrogens with zero attached hydrogens (tertiary/aromatic N) is 4. The Kier molecular flexibility index (Phi) is 7.24. The second-order valence-corrected chi connectivity index (χ2v) is 11.0. The number of hydrogen-bond donors (Lipinski definition) is 1. The van der Waals surface area contributed by atoms with Gasteiger partial charge < -0.3 is 14.7 Å². The van der Waals surface area contributed by atoms with Crippen molar-refractivity contribution in [2.24, 2.45) is 0 Å². The molecule has 0 saturated carbocycles. The molecule has 9 bridgehead atoms. The molecule has 5 aliphatic heterocycles. The van der Waals surface area contributed by atoms with Crippen molar-refractivity contribution in [1.82, 2.24) is 19.9 Å². The monoisotopic (exact) mass is 538 g/mol. The lowest BCUT2D eigenvalue weighted by Gasteiger charge is -2.30. The van der Waals surface area contributed by atoms with E-state index < -0.39 is 5.97 Å². The van der Waals surface area contributed by atoms with Gasteiger partial charge in [0.25, 0.3) is 5.91 Å². The SMILES string of the molecule is Cc1cc2ccc1C(=O)N1CCc3ccc(cc3C1)C(CC(=O)O)c1ccc3c(c1)nnn3CCCCCCO2. The Morgan fingerprint density at radius 2 is 1.80 bits per heavy atom. The summed E-state index contributed by atoms with van der Waals surface area (Å²) >= 11 is 0. The summed E-state index contributed by atoms with van der Waals surface area (Å²) in [4.78, 5) is 27.4. The molecular formula is C32H34N4O4. The quantitative estimate of drug-likeness (QED) is 0.362. The van der Waals surface area contributed by atoms with Crippen LogP contribution in [0, 0.1) is 6.92 Å². The Labute approximate surface area is 233 Å².